The number of pyridine rings is 2. The highest BCUT2D eigenvalue weighted by molar-refractivity contribution is 5.83. The first-order valence-corrected chi connectivity index (χ1v) is 10.8. The van der Waals surface area contributed by atoms with Crippen LogP contribution in [-0.2, 0) is 5.41 Å². The lowest BCUT2D eigenvalue weighted by atomic mass is 9.84. The van der Waals surface area contributed by atoms with Gasteiger partial charge in [-0.3, -0.25) is 9.97 Å². The van der Waals surface area contributed by atoms with E-state index in [9.17, 15) is 8.78 Å². The van der Waals surface area contributed by atoms with Gasteiger partial charge in [0.25, 0.3) is 0 Å². The zero-order valence-electron chi connectivity index (χ0n) is 19.5. The first-order chi connectivity index (χ1) is 14.7. The molecule has 0 spiro atoms. The zero-order valence-corrected chi connectivity index (χ0v) is 19.5. The van der Waals surface area contributed by atoms with Crippen molar-refractivity contribution in [3.8, 4) is 0 Å². The van der Waals surface area contributed by atoms with Crippen molar-refractivity contribution in [3.63, 3.8) is 0 Å². The maximum atomic E-state index is 13.5. The summed E-state index contributed by atoms with van der Waals surface area (Å²) in [4.78, 5) is 8.09. The van der Waals surface area contributed by atoms with Crippen molar-refractivity contribution in [1.29, 1.82) is 0 Å². The molecule has 164 valence electrons. The van der Waals surface area contributed by atoms with Crippen LogP contribution in [0.4, 0.5) is 8.78 Å². The van der Waals surface area contributed by atoms with Crippen LogP contribution in [0.5, 0.6) is 0 Å². The van der Waals surface area contributed by atoms with Gasteiger partial charge in [-0.15, -0.1) is 0 Å². The number of hydrogen-bond acceptors (Lipinski definition) is 2. The molecule has 2 aromatic carbocycles. The van der Waals surface area contributed by atoms with Crippen molar-refractivity contribution in [3.05, 3.63) is 83.7 Å². The first-order valence-electron chi connectivity index (χ1n) is 10.8. The third kappa shape index (κ3) is 5.84. The molecule has 4 rings (SSSR count). The Balaban J connectivity index is 0.000000204. The molecule has 0 N–H and O–H groups in total. The van der Waals surface area contributed by atoms with Gasteiger partial charge in [-0.05, 0) is 52.8 Å². The second kappa shape index (κ2) is 10.4. The molecule has 4 heteroatoms. The fourth-order valence-electron chi connectivity index (χ4n) is 3.30. The summed E-state index contributed by atoms with van der Waals surface area (Å²) in [5.74, 6) is -0.139. The second-order valence-corrected chi connectivity index (χ2v) is 8.48. The highest BCUT2D eigenvalue weighted by Crippen LogP contribution is 2.30. The molecule has 0 radical (unpaired) electrons. The molecule has 31 heavy (non-hydrogen) atoms. The largest absolute Gasteiger partial charge is 0.253 e. The number of rotatable bonds is 1. The molecule has 0 bridgehead atoms. The summed E-state index contributed by atoms with van der Waals surface area (Å²) >= 11 is 0. The smallest absolute Gasteiger partial charge is 0.149 e. The predicted molar refractivity (Wildman–Crippen MR) is 128 cm³/mol. The van der Waals surface area contributed by atoms with E-state index in [2.05, 4.69) is 44.6 Å². The van der Waals surface area contributed by atoms with E-state index in [1.165, 1.54) is 6.07 Å². The molecule has 0 atom stereocenters. The van der Waals surface area contributed by atoms with E-state index in [-0.39, 0.29) is 17.0 Å². The van der Waals surface area contributed by atoms with Crippen LogP contribution in [0.15, 0.2) is 60.9 Å². The average molecular weight is 423 g/mol. The summed E-state index contributed by atoms with van der Waals surface area (Å²) in [6, 6.07) is 14.4. The van der Waals surface area contributed by atoms with Crippen LogP contribution in [0.2, 0.25) is 0 Å². The Morgan fingerprint density at radius 3 is 2.00 bits per heavy atom. The van der Waals surface area contributed by atoms with Crippen molar-refractivity contribution < 1.29 is 8.78 Å². The van der Waals surface area contributed by atoms with Gasteiger partial charge >= 0.3 is 0 Å². The summed E-state index contributed by atoms with van der Waals surface area (Å²) in [7, 11) is 0. The lowest BCUT2D eigenvalue weighted by molar-refractivity contribution is 0.591. The van der Waals surface area contributed by atoms with Gasteiger partial charge in [0.2, 0.25) is 0 Å². The maximum Gasteiger partial charge on any atom is 0.149 e. The van der Waals surface area contributed by atoms with Crippen LogP contribution >= 0.6 is 0 Å². The highest BCUT2D eigenvalue weighted by atomic mass is 19.1. The minimum atomic E-state index is -0.251. The maximum absolute atomic E-state index is 13.5. The molecular formula is C27H32F2N2. The van der Waals surface area contributed by atoms with Crippen LogP contribution in [0.25, 0.3) is 21.8 Å². The van der Waals surface area contributed by atoms with E-state index in [4.69, 9.17) is 0 Å². The van der Waals surface area contributed by atoms with Gasteiger partial charge in [0.05, 0.1) is 0 Å². The van der Waals surface area contributed by atoms with E-state index in [0.29, 0.717) is 17.0 Å². The Morgan fingerprint density at radius 2 is 1.39 bits per heavy atom. The van der Waals surface area contributed by atoms with Gasteiger partial charge in [-0.2, -0.15) is 0 Å². The molecule has 0 saturated heterocycles. The molecule has 2 nitrogen and oxygen atoms in total. The third-order valence-electron chi connectivity index (χ3n) is 4.88. The molecule has 2 heterocycles. The second-order valence-electron chi connectivity index (χ2n) is 8.48. The average Bonchev–Trinajstić information content (AvgIpc) is 2.75. The van der Waals surface area contributed by atoms with Crippen LogP contribution in [0, 0.1) is 11.6 Å². The molecular weight excluding hydrogens is 390 g/mol. The summed E-state index contributed by atoms with van der Waals surface area (Å²) in [5.41, 5.74) is 3.08. The molecule has 0 aliphatic rings. The zero-order chi connectivity index (χ0) is 23.2. The summed E-state index contributed by atoms with van der Waals surface area (Å²) in [6.07, 6.45) is 3.23. The number of aromatic nitrogens is 2. The molecule has 0 amide bonds. The van der Waals surface area contributed by atoms with Crippen molar-refractivity contribution in [2.24, 2.45) is 0 Å². The van der Waals surface area contributed by atoms with Gasteiger partial charge in [0.1, 0.15) is 22.7 Å². The minimum Gasteiger partial charge on any atom is -0.253 e. The molecule has 0 unspecified atom stereocenters. The number of fused-ring (bicyclic) bond motifs is 2. The van der Waals surface area contributed by atoms with Crippen LogP contribution in [0.3, 0.4) is 0 Å². The van der Waals surface area contributed by atoms with Crippen molar-refractivity contribution in [2.75, 3.05) is 0 Å². The Morgan fingerprint density at radius 1 is 0.774 bits per heavy atom. The number of hydrogen-bond donors (Lipinski definition) is 0. The summed E-state index contributed by atoms with van der Waals surface area (Å²) < 4.78 is 27.0. The number of nitrogens with zero attached hydrogens (tertiary/aromatic N) is 2. The van der Waals surface area contributed by atoms with E-state index in [1.807, 2.05) is 50.2 Å². The normalized spacial score (nSPS) is 11.0. The van der Waals surface area contributed by atoms with Crippen molar-refractivity contribution in [2.45, 2.75) is 59.8 Å². The highest BCUT2D eigenvalue weighted by Gasteiger charge is 2.18. The molecule has 0 fully saturated rings. The summed E-state index contributed by atoms with van der Waals surface area (Å²) in [5, 5.41) is 1.78. The van der Waals surface area contributed by atoms with E-state index in [0.717, 1.165) is 21.9 Å². The first kappa shape index (κ1) is 24.4. The van der Waals surface area contributed by atoms with Crippen molar-refractivity contribution in [1.82, 2.24) is 9.97 Å². The van der Waals surface area contributed by atoms with Crippen LogP contribution in [-0.4, -0.2) is 9.97 Å². The van der Waals surface area contributed by atoms with Crippen LogP contribution in [0.1, 0.15) is 65.5 Å². The molecule has 0 saturated carbocycles. The summed E-state index contributed by atoms with van der Waals surface area (Å²) in [6.45, 7) is 14.5. The standard InChI is InChI=1S/C13H14FN.C12H12FN.C2H6/c1-13(2,3)10-6-7-11(14)12-9(10)5-4-8-15-12;1-8(2)10-6-9-4-3-5-14-12(9)11(13)7-10;1-2/h4-8H,1-3H3;3-8H,1-2H3;1-2H3. The van der Waals surface area contributed by atoms with Gasteiger partial charge in [-0.25, -0.2) is 8.78 Å². The Hall–Kier alpha value is -2.88. The lowest BCUT2D eigenvalue weighted by Gasteiger charge is -2.21. The van der Waals surface area contributed by atoms with Gasteiger partial charge in [0.15, 0.2) is 0 Å². The minimum absolute atomic E-state index is 0.00891. The molecule has 4 aromatic rings. The quantitative estimate of drug-likeness (QED) is 0.309. The van der Waals surface area contributed by atoms with Gasteiger partial charge in [0, 0.05) is 23.2 Å². The Bertz CT molecular complexity index is 1140. The topological polar surface area (TPSA) is 25.8 Å². The molecule has 0 aliphatic carbocycles. The van der Waals surface area contributed by atoms with Gasteiger partial charge < -0.3 is 0 Å². The number of benzene rings is 2. The van der Waals surface area contributed by atoms with E-state index < -0.39 is 0 Å². The number of halogens is 2. The monoisotopic (exact) mass is 422 g/mol. The SMILES string of the molecule is CC.CC(C)(C)c1ccc(F)c2ncccc12.CC(C)c1cc(F)c2ncccc2c1. The lowest BCUT2D eigenvalue weighted by Crippen LogP contribution is -2.12. The molecule has 2 aromatic heterocycles. The fraction of sp³-hybridized carbons (Fsp3) is 0.333. The molecule has 0 aliphatic heterocycles. The van der Waals surface area contributed by atoms with E-state index >= 15 is 0 Å². The third-order valence-corrected chi connectivity index (χ3v) is 4.88. The van der Waals surface area contributed by atoms with Crippen LogP contribution < -0.4 is 0 Å². The van der Waals surface area contributed by atoms with Crippen molar-refractivity contribution >= 4 is 21.8 Å². The van der Waals surface area contributed by atoms with E-state index in [1.54, 1.807) is 18.5 Å². The predicted octanol–water partition coefficient (Wildman–Crippen LogP) is 8.19. The Kier molecular flexibility index (Phi) is 8.21. The Labute approximate surface area is 184 Å². The van der Waals surface area contributed by atoms with Gasteiger partial charge in [-0.1, -0.05) is 66.7 Å². The fourth-order valence-corrected chi connectivity index (χ4v) is 3.30.